The fraction of sp³-hybridized carbons (Fsp3) is 0.0588. The fourth-order valence-electron chi connectivity index (χ4n) is 2.54. The van der Waals surface area contributed by atoms with Crippen molar-refractivity contribution in [2.75, 3.05) is 22.2 Å². The van der Waals surface area contributed by atoms with Gasteiger partial charge in [0.15, 0.2) is 0 Å². The van der Waals surface area contributed by atoms with Crippen molar-refractivity contribution < 1.29 is 9.21 Å². The Morgan fingerprint density at radius 1 is 1.20 bits per heavy atom. The number of hydrogen-bond acceptors (Lipinski definition) is 6. The summed E-state index contributed by atoms with van der Waals surface area (Å²) in [6.07, 6.45) is 1.57. The van der Waals surface area contributed by atoms with Crippen LogP contribution in [0.1, 0.15) is 0 Å². The van der Waals surface area contributed by atoms with Crippen LogP contribution in [0.3, 0.4) is 0 Å². The minimum absolute atomic E-state index is 0.280. The van der Waals surface area contributed by atoms with Gasteiger partial charge in [0.25, 0.3) is 0 Å². The van der Waals surface area contributed by atoms with Crippen LogP contribution in [0.5, 0.6) is 0 Å². The SMILES string of the molecule is NC1=c2ccoc2=NCN1c1ccc(NC(=O)Nc2cccs2)cc1. The second kappa shape index (κ2) is 6.33. The van der Waals surface area contributed by atoms with Gasteiger partial charge in [0.05, 0.1) is 16.5 Å². The third-order valence-corrected chi connectivity index (χ3v) is 4.55. The number of urea groups is 1. The van der Waals surface area contributed by atoms with E-state index in [0.717, 1.165) is 15.9 Å². The van der Waals surface area contributed by atoms with E-state index in [4.69, 9.17) is 10.2 Å². The highest BCUT2D eigenvalue weighted by molar-refractivity contribution is 7.14. The average molecular weight is 353 g/mol. The van der Waals surface area contributed by atoms with Crippen molar-refractivity contribution in [3.63, 3.8) is 0 Å². The molecule has 2 aromatic heterocycles. The number of carbonyl (C=O) groups excluding carboxylic acids is 1. The van der Waals surface area contributed by atoms with Gasteiger partial charge in [0.2, 0.25) is 5.55 Å². The summed E-state index contributed by atoms with van der Waals surface area (Å²) in [7, 11) is 0. The molecule has 0 radical (unpaired) electrons. The molecule has 8 heteroatoms. The van der Waals surface area contributed by atoms with Gasteiger partial charge < -0.3 is 20.4 Å². The van der Waals surface area contributed by atoms with E-state index in [1.807, 2.05) is 46.7 Å². The highest BCUT2D eigenvalue weighted by Gasteiger charge is 2.15. The summed E-state index contributed by atoms with van der Waals surface area (Å²) in [6.45, 7) is 0.387. The lowest BCUT2D eigenvalue weighted by molar-refractivity contribution is 0.262. The van der Waals surface area contributed by atoms with Crippen LogP contribution in [0.15, 0.2) is 63.5 Å². The quantitative estimate of drug-likeness (QED) is 0.672. The van der Waals surface area contributed by atoms with Crippen LogP contribution in [-0.4, -0.2) is 12.7 Å². The van der Waals surface area contributed by atoms with Gasteiger partial charge in [-0.2, -0.15) is 0 Å². The topological polar surface area (TPSA) is 95.9 Å². The number of furan rings is 1. The molecule has 126 valence electrons. The van der Waals surface area contributed by atoms with Gasteiger partial charge in [-0.25, -0.2) is 9.79 Å². The summed E-state index contributed by atoms with van der Waals surface area (Å²) in [4.78, 5) is 18.2. The number of nitrogens with one attached hydrogen (secondary N) is 2. The highest BCUT2D eigenvalue weighted by atomic mass is 32.1. The normalized spacial score (nSPS) is 13.1. The van der Waals surface area contributed by atoms with E-state index >= 15 is 0 Å². The number of fused-ring (bicyclic) bond motifs is 1. The van der Waals surface area contributed by atoms with Crippen molar-refractivity contribution in [2.45, 2.75) is 0 Å². The molecule has 0 atom stereocenters. The first-order valence-electron chi connectivity index (χ1n) is 7.57. The Balaban J connectivity index is 1.48. The highest BCUT2D eigenvalue weighted by Crippen LogP contribution is 2.21. The number of thiophene rings is 1. The van der Waals surface area contributed by atoms with Crippen LogP contribution in [-0.2, 0) is 0 Å². The molecular weight excluding hydrogens is 338 g/mol. The molecule has 3 aromatic rings. The summed E-state index contributed by atoms with van der Waals surface area (Å²) in [5.74, 6) is 0.592. The molecule has 3 heterocycles. The van der Waals surface area contributed by atoms with E-state index in [2.05, 4.69) is 15.6 Å². The number of amides is 2. The van der Waals surface area contributed by atoms with Crippen LogP contribution in [0.25, 0.3) is 5.82 Å². The molecule has 1 aliphatic heterocycles. The molecule has 0 spiro atoms. The Bertz CT molecular complexity index is 1010. The molecule has 1 aromatic carbocycles. The number of anilines is 3. The molecular formula is C17H15N5O2S. The van der Waals surface area contributed by atoms with E-state index in [0.29, 0.717) is 23.7 Å². The zero-order chi connectivity index (χ0) is 17.2. The van der Waals surface area contributed by atoms with E-state index in [1.165, 1.54) is 11.3 Å². The van der Waals surface area contributed by atoms with Crippen molar-refractivity contribution in [2.24, 2.45) is 10.7 Å². The fourth-order valence-corrected chi connectivity index (χ4v) is 3.16. The largest absolute Gasteiger partial charge is 0.446 e. The molecule has 4 N–H and O–H groups in total. The second-order valence-electron chi connectivity index (χ2n) is 5.36. The molecule has 4 rings (SSSR count). The van der Waals surface area contributed by atoms with E-state index < -0.39 is 0 Å². The molecule has 0 aliphatic carbocycles. The van der Waals surface area contributed by atoms with Crippen molar-refractivity contribution in [1.82, 2.24) is 0 Å². The van der Waals surface area contributed by atoms with Gasteiger partial charge in [-0.15, -0.1) is 11.3 Å². The Labute approximate surface area is 147 Å². The predicted octanol–water partition coefficient (Wildman–Crippen LogP) is 2.11. The number of carbonyl (C=O) groups is 1. The van der Waals surface area contributed by atoms with Crippen LogP contribution in [0.4, 0.5) is 21.2 Å². The molecule has 1 aliphatic rings. The van der Waals surface area contributed by atoms with E-state index in [1.54, 1.807) is 12.3 Å². The molecule has 0 fully saturated rings. The molecule has 7 nitrogen and oxygen atoms in total. The van der Waals surface area contributed by atoms with Gasteiger partial charge in [0.1, 0.15) is 12.5 Å². The van der Waals surface area contributed by atoms with E-state index in [-0.39, 0.29) is 6.03 Å². The average Bonchev–Trinajstić information content (AvgIpc) is 3.28. The Morgan fingerprint density at radius 2 is 2.04 bits per heavy atom. The van der Waals surface area contributed by atoms with Gasteiger partial charge in [-0.3, -0.25) is 5.32 Å². The zero-order valence-electron chi connectivity index (χ0n) is 13.1. The van der Waals surface area contributed by atoms with Crippen molar-refractivity contribution in [3.8, 4) is 0 Å². The number of nitrogens with two attached hydrogens (primary N) is 1. The monoisotopic (exact) mass is 353 g/mol. The van der Waals surface area contributed by atoms with Crippen molar-refractivity contribution >= 4 is 39.6 Å². The lowest BCUT2D eigenvalue weighted by Crippen LogP contribution is -2.42. The lowest BCUT2D eigenvalue weighted by Gasteiger charge is -2.24. The van der Waals surface area contributed by atoms with Crippen LogP contribution in [0, 0.1) is 0 Å². The number of benzene rings is 1. The van der Waals surface area contributed by atoms with Gasteiger partial charge in [-0.05, 0) is 47.8 Å². The van der Waals surface area contributed by atoms with Crippen molar-refractivity contribution in [1.29, 1.82) is 0 Å². The summed E-state index contributed by atoms with van der Waals surface area (Å²) < 4.78 is 5.27. The Kier molecular flexibility index (Phi) is 3.87. The molecule has 25 heavy (non-hydrogen) atoms. The lowest BCUT2D eigenvalue weighted by atomic mass is 10.2. The molecule has 2 amide bonds. The zero-order valence-corrected chi connectivity index (χ0v) is 13.9. The summed E-state index contributed by atoms with van der Waals surface area (Å²) in [6, 6.07) is 12.6. The first-order chi connectivity index (χ1) is 12.2. The van der Waals surface area contributed by atoms with Crippen LogP contribution in [0.2, 0.25) is 0 Å². The Morgan fingerprint density at radius 3 is 2.80 bits per heavy atom. The smallest absolute Gasteiger partial charge is 0.324 e. The van der Waals surface area contributed by atoms with Crippen LogP contribution >= 0.6 is 11.3 Å². The van der Waals surface area contributed by atoms with Gasteiger partial charge >= 0.3 is 6.03 Å². The maximum absolute atomic E-state index is 12.0. The maximum Gasteiger partial charge on any atom is 0.324 e. The van der Waals surface area contributed by atoms with Crippen molar-refractivity contribution in [3.05, 3.63) is 64.9 Å². The second-order valence-corrected chi connectivity index (χ2v) is 6.30. The third-order valence-electron chi connectivity index (χ3n) is 3.76. The first-order valence-corrected chi connectivity index (χ1v) is 8.45. The molecule has 0 unspecified atom stereocenters. The maximum atomic E-state index is 12.0. The summed E-state index contributed by atoms with van der Waals surface area (Å²) in [5.41, 5.74) is 8.33. The van der Waals surface area contributed by atoms with Gasteiger partial charge in [-0.1, -0.05) is 0 Å². The number of hydrogen-bond donors (Lipinski definition) is 3. The predicted molar refractivity (Wildman–Crippen MR) is 97.8 cm³/mol. The van der Waals surface area contributed by atoms with Gasteiger partial charge in [0, 0.05) is 11.4 Å². The number of rotatable bonds is 3. The Hall–Kier alpha value is -3.26. The minimum atomic E-state index is -0.280. The molecule has 0 saturated carbocycles. The van der Waals surface area contributed by atoms with Crippen LogP contribution < -0.4 is 32.0 Å². The molecule has 0 bridgehead atoms. The standard InChI is InChI=1S/C17H15N5O2S/c18-15-13-7-8-24-16(13)19-10-22(15)12-5-3-11(4-6-12)20-17(23)21-14-2-1-9-25-14/h1-9H,10,18H2,(H2,20,21,23). The number of nitrogens with zero attached hydrogens (tertiary/aromatic N) is 2. The van der Waals surface area contributed by atoms with E-state index in [9.17, 15) is 4.79 Å². The first kappa shape index (κ1) is 15.3. The summed E-state index contributed by atoms with van der Waals surface area (Å²) >= 11 is 1.47. The third kappa shape index (κ3) is 3.07. The summed E-state index contributed by atoms with van der Waals surface area (Å²) in [5, 5.41) is 9.04. The minimum Gasteiger partial charge on any atom is -0.446 e. The molecule has 0 saturated heterocycles.